The smallest absolute Gasteiger partial charge is 0.0466 e. The van der Waals surface area contributed by atoms with Crippen molar-refractivity contribution in [3.8, 4) is 0 Å². The van der Waals surface area contributed by atoms with Gasteiger partial charge < -0.3 is 5.32 Å². The maximum atomic E-state index is 4.37. The first-order valence-electron chi connectivity index (χ1n) is 4.39. The maximum Gasteiger partial charge on any atom is 0.0466 e. The zero-order valence-electron chi connectivity index (χ0n) is 7.59. The maximum absolute atomic E-state index is 4.37. The Labute approximate surface area is 73.0 Å². The molecule has 0 bridgehead atoms. The lowest BCUT2D eigenvalue weighted by Crippen LogP contribution is -2.42. The van der Waals surface area contributed by atoms with Gasteiger partial charge in [-0.25, -0.2) is 0 Å². The average Bonchev–Trinajstić information content (AvgIpc) is 2.04. The van der Waals surface area contributed by atoms with E-state index < -0.39 is 0 Å². The zero-order valence-corrected chi connectivity index (χ0v) is 7.59. The summed E-state index contributed by atoms with van der Waals surface area (Å²) >= 11 is 0. The lowest BCUT2D eigenvalue weighted by Gasteiger charge is -2.32. The van der Waals surface area contributed by atoms with Gasteiger partial charge in [-0.3, -0.25) is 4.98 Å². The highest BCUT2D eigenvalue weighted by Gasteiger charge is 2.26. The van der Waals surface area contributed by atoms with Gasteiger partial charge in [0.15, 0.2) is 0 Å². The molecule has 12 heavy (non-hydrogen) atoms. The monoisotopic (exact) mass is 162 g/mol. The summed E-state index contributed by atoms with van der Waals surface area (Å²) in [6.07, 6.45) is 2.93. The highest BCUT2D eigenvalue weighted by Crippen LogP contribution is 2.25. The third kappa shape index (κ3) is 1.12. The van der Waals surface area contributed by atoms with Gasteiger partial charge in [0.05, 0.1) is 0 Å². The van der Waals surface area contributed by atoms with Crippen LogP contribution in [0.4, 0.5) is 0 Å². The third-order valence-corrected chi connectivity index (χ3v) is 2.49. The summed E-state index contributed by atoms with van der Waals surface area (Å²) in [7, 11) is 0. The Kier molecular flexibility index (Phi) is 1.65. The molecule has 2 heteroatoms. The molecule has 1 aliphatic heterocycles. The Morgan fingerprint density at radius 1 is 1.50 bits per heavy atom. The lowest BCUT2D eigenvalue weighted by molar-refractivity contribution is 0.378. The lowest BCUT2D eigenvalue weighted by atomic mass is 9.88. The van der Waals surface area contributed by atoms with Gasteiger partial charge in [-0.1, -0.05) is 6.07 Å². The second kappa shape index (κ2) is 2.56. The zero-order chi connectivity index (χ0) is 8.60. The van der Waals surface area contributed by atoms with Gasteiger partial charge >= 0.3 is 0 Å². The quantitative estimate of drug-likeness (QED) is 0.624. The van der Waals surface area contributed by atoms with E-state index in [9.17, 15) is 0 Å². The molecule has 1 aliphatic rings. The van der Waals surface area contributed by atoms with Crippen molar-refractivity contribution in [2.45, 2.75) is 25.8 Å². The predicted octanol–water partition coefficient (Wildman–Crippen LogP) is 1.46. The molecule has 0 unspecified atom stereocenters. The number of nitrogens with one attached hydrogen (secondary N) is 1. The van der Waals surface area contributed by atoms with Gasteiger partial charge in [-0.2, -0.15) is 0 Å². The standard InChI is InChI=1S/C10H14N2/c1-10(2)8-4-3-6-11-9(8)5-7-12-10/h3-4,6,12H,5,7H2,1-2H3. The van der Waals surface area contributed by atoms with E-state index in [4.69, 9.17) is 0 Å². The molecule has 0 atom stereocenters. The van der Waals surface area contributed by atoms with Crippen LogP contribution < -0.4 is 5.32 Å². The van der Waals surface area contributed by atoms with E-state index in [1.165, 1.54) is 11.3 Å². The van der Waals surface area contributed by atoms with Crippen molar-refractivity contribution in [1.29, 1.82) is 0 Å². The first kappa shape index (κ1) is 7.74. The number of nitrogens with zero attached hydrogens (tertiary/aromatic N) is 1. The molecule has 0 aromatic carbocycles. The van der Waals surface area contributed by atoms with Gasteiger partial charge in [0.1, 0.15) is 0 Å². The fourth-order valence-corrected chi connectivity index (χ4v) is 1.79. The molecule has 0 radical (unpaired) electrons. The van der Waals surface area contributed by atoms with Crippen LogP contribution in [0.2, 0.25) is 0 Å². The van der Waals surface area contributed by atoms with Gasteiger partial charge in [-0.15, -0.1) is 0 Å². The van der Waals surface area contributed by atoms with Crippen LogP contribution >= 0.6 is 0 Å². The van der Waals surface area contributed by atoms with E-state index in [2.05, 4.69) is 30.2 Å². The SMILES string of the molecule is CC1(C)NCCc2ncccc21. The second-order valence-corrected chi connectivity index (χ2v) is 3.80. The molecule has 0 spiro atoms. The second-order valence-electron chi connectivity index (χ2n) is 3.80. The van der Waals surface area contributed by atoms with Crippen LogP contribution in [-0.4, -0.2) is 11.5 Å². The Morgan fingerprint density at radius 3 is 3.08 bits per heavy atom. The van der Waals surface area contributed by atoms with E-state index in [1.54, 1.807) is 0 Å². The van der Waals surface area contributed by atoms with Crippen molar-refractivity contribution in [1.82, 2.24) is 10.3 Å². The summed E-state index contributed by atoms with van der Waals surface area (Å²) in [4.78, 5) is 4.37. The van der Waals surface area contributed by atoms with Crippen molar-refractivity contribution in [3.05, 3.63) is 29.6 Å². The Hall–Kier alpha value is -0.890. The van der Waals surface area contributed by atoms with Crippen LogP contribution in [0.15, 0.2) is 18.3 Å². The van der Waals surface area contributed by atoms with Gasteiger partial charge in [0.2, 0.25) is 0 Å². The fourth-order valence-electron chi connectivity index (χ4n) is 1.79. The number of fused-ring (bicyclic) bond motifs is 1. The Balaban J connectivity index is 2.52. The molecule has 2 nitrogen and oxygen atoms in total. The number of hydrogen-bond acceptors (Lipinski definition) is 2. The van der Waals surface area contributed by atoms with Crippen LogP contribution in [0, 0.1) is 0 Å². The van der Waals surface area contributed by atoms with E-state index in [-0.39, 0.29) is 5.54 Å². The van der Waals surface area contributed by atoms with Crippen LogP contribution in [-0.2, 0) is 12.0 Å². The van der Waals surface area contributed by atoms with Crippen molar-refractivity contribution in [2.24, 2.45) is 0 Å². The molecule has 1 aromatic rings. The van der Waals surface area contributed by atoms with Gasteiger partial charge in [-0.05, 0) is 25.5 Å². The first-order valence-corrected chi connectivity index (χ1v) is 4.39. The minimum absolute atomic E-state index is 0.0991. The summed E-state index contributed by atoms with van der Waals surface area (Å²) in [5.74, 6) is 0. The topological polar surface area (TPSA) is 24.9 Å². The first-order chi connectivity index (χ1) is 5.70. The molecule has 1 N–H and O–H groups in total. The molecule has 0 fully saturated rings. The largest absolute Gasteiger partial charge is 0.307 e. The molecular weight excluding hydrogens is 148 g/mol. The van der Waals surface area contributed by atoms with E-state index in [1.807, 2.05) is 12.3 Å². The summed E-state index contributed by atoms with van der Waals surface area (Å²) in [6, 6.07) is 4.17. The molecule has 2 rings (SSSR count). The summed E-state index contributed by atoms with van der Waals surface area (Å²) in [5, 5.41) is 3.47. The van der Waals surface area contributed by atoms with Crippen molar-refractivity contribution < 1.29 is 0 Å². The summed E-state index contributed by atoms with van der Waals surface area (Å²) < 4.78 is 0. The summed E-state index contributed by atoms with van der Waals surface area (Å²) in [6.45, 7) is 5.44. The van der Waals surface area contributed by atoms with Crippen LogP contribution in [0.25, 0.3) is 0 Å². The number of aromatic nitrogens is 1. The number of rotatable bonds is 0. The number of pyridine rings is 1. The fraction of sp³-hybridized carbons (Fsp3) is 0.500. The number of hydrogen-bond donors (Lipinski definition) is 1. The molecule has 2 heterocycles. The van der Waals surface area contributed by atoms with Crippen molar-refractivity contribution in [3.63, 3.8) is 0 Å². The Morgan fingerprint density at radius 2 is 2.33 bits per heavy atom. The summed E-state index contributed by atoms with van der Waals surface area (Å²) in [5.41, 5.74) is 2.69. The minimum atomic E-state index is 0.0991. The van der Waals surface area contributed by atoms with Gasteiger partial charge in [0.25, 0.3) is 0 Å². The molecule has 1 aromatic heterocycles. The van der Waals surface area contributed by atoms with Crippen molar-refractivity contribution in [2.75, 3.05) is 6.54 Å². The molecule has 0 aliphatic carbocycles. The molecular formula is C10H14N2. The normalized spacial score (nSPS) is 20.2. The van der Waals surface area contributed by atoms with Crippen LogP contribution in [0.3, 0.4) is 0 Å². The predicted molar refractivity (Wildman–Crippen MR) is 49.0 cm³/mol. The van der Waals surface area contributed by atoms with Crippen molar-refractivity contribution >= 4 is 0 Å². The molecule has 0 saturated heterocycles. The van der Waals surface area contributed by atoms with Crippen LogP contribution in [0.1, 0.15) is 25.1 Å². The molecule has 64 valence electrons. The van der Waals surface area contributed by atoms with Crippen LogP contribution in [0.5, 0.6) is 0 Å². The molecule has 0 saturated carbocycles. The highest BCUT2D eigenvalue weighted by atomic mass is 15.0. The molecule has 0 amide bonds. The van der Waals surface area contributed by atoms with E-state index >= 15 is 0 Å². The minimum Gasteiger partial charge on any atom is -0.307 e. The Bertz CT molecular complexity index is 292. The van der Waals surface area contributed by atoms with E-state index in [0.717, 1.165) is 13.0 Å². The van der Waals surface area contributed by atoms with Gasteiger partial charge in [0, 0.05) is 30.4 Å². The van der Waals surface area contributed by atoms with E-state index in [0.29, 0.717) is 0 Å². The third-order valence-electron chi connectivity index (χ3n) is 2.49. The average molecular weight is 162 g/mol. The highest BCUT2D eigenvalue weighted by molar-refractivity contribution is 5.29.